The zero-order valence-electron chi connectivity index (χ0n) is 19.8. The Labute approximate surface area is 206 Å². The fourth-order valence-corrected chi connectivity index (χ4v) is 6.42. The fourth-order valence-electron chi connectivity index (χ4n) is 4.39. The maximum absolute atomic E-state index is 12.8. The van der Waals surface area contributed by atoms with E-state index in [4.69, 9.17) is 4.18 Å². The van der Waals surface area contributed by atoms with E-state index < -0.39 is 38.7 Å². The van der Waals surface area contributed by atoms with E-state index in [0.29, 0.717) is 4.88 Å². The second-order valence-corrected chi connectivity index (χ2v) is 12.4. The van der Waals surface area contributed by atoms with Crippen molar-refractivity contribution >= 4 is 32.5 Å². The van der Waals surface area contributed by atoms with Crippen molar-refractivity contribution in [2.24, 2.45) is 11.3 Å². The molecule has 1 amide bonds. The van der Waals surface area contributed by atoms with Crippen molar-refractivity contribution in [2.45, 2.75) is 44.6 Å². The van der Waals surface area contributed by atoms with Gasteiger partial charge in [-0.25, -0.2) is 4.79 Å². The predicted octanol–water partition coefficient (Wildman–Crippen LogP) is 3.07. The molecule has 2 atom stereocenters. The third-order valence-corrected chi connectivity index (χ3v) is 8.72. The Bertz CT molecular complexity index is 1440. The number of piperidine rings is 1. The molecule has 3 heterocycles. The minimum absolute atomic E-state index is 0.0653. The lowest BCUT2D eigenvalue weighted by Gasteiger charge is -2.48. The number of fused-ring (bicyclic) bond motifs is 1. The first-order valence-electron chi connectivity index (χ1n) is 11.0. The SMILES string of the molecule is Cc1ccc(S(=O)(=O)Oc2cc(=O)n3cc(C4(O)CCN(C(=O)O)CC4C(C)(C)C)sc3n2)cc1. The lowest BCUT2D eigenvalue weighted by Crippen LogP contribution is -2.55. The molecule has 1 aliphatic rings. The molecule has 2 N–H and O–H groups in total. The van der Waals surface area contributed by atoms with Crippen molar-refractivity contribution in [3.8, 4) is 5.88 Å². The molecule has 2 unspecified atom stereocenters. The van der Waals surface area contributed by atoms with Crippen LogP contribution in [0.4, 0.5) is 4.79 Å². The van der Waals surface area contributed by atoms with Crippen molar-refractivity contribution in [3.05, 3.63) is 57.3 Å². The standard InChI is InChI=1S/C23H27N3O7S2/c1-14-5-7-15(8-6-14)35(31,32)33-18-11-19(27)26-13-17(34-20(26)24-18)23(30)9-10-25(21(28)29)12-16(23)22(2,3)4/h5-8,11,13,16,30H,9-10,12H2,1-4H3,(H,28,29). The number of hydrogen-bond donors (Lipinski definition) is 2. The second kappa shape index (κ2) is 8.61. The Morgan fingerprint density at radius 1 is 1.26 bits per heavy atom. The average molecular weight is 522 g/mol. The molecule has 0 aliphatic carbocycles. The molecule has 3 aromatic rings. The van der Waals surface area contributed by atoms with Crippen LogP contribution in [0.2, 0.25) is 0 Å². The summed E-state index contributed by atoms with van der Waals surface area (Å²) < 4.78 is 31.6. The number of aryl methyl sites for hydroxylation is 1. The lowest BCUT2D eigenvalue weighted by molar-refractivity contribution is -0.108. The molecule has 0 saturated carbocycles. The Kier molecular flexibility index (Phi) is 6.18. The van der Waals surface area contributed by atoms with Crippen LogP contribution in [0.15, 0.2) is 46.2 Å². The summed E-state index contributed by atoms with van der Waals surface area (Å²) in [6.07, 6.45) is 0.587. The first-order chi connectivity index (χ1) is 16.2. The van der Waals surface area contributed by atoms with Crippen molar-refractivity contribution < 1.29 is 27.6 Å². The normalized spacial score (nSPS) is 21.3. The molecule has 4 rings (SSSR count). The summed E-state index contributed by atoms with van der Waals surface area (Å²) in [7, 11) is -4.20. The molecule has 0 bridgehead atoms. The van der Waals surface area contributed by atoms with Gasteiger partial charge in [0, 0.05) is 25.2 Å². The van der Waals surface area contributed by atoms with E-state index in [1.165, 1.54) is 27.6 Å². The van der Waals surface area contributed by atoms with Crippen LogP contribution >= 0.6 is 11.3 Å². The molecule has 188 valence electrons. The molecule has 1 aromatic carbocycles. The zero-order valence-corrected chi connectivity index (χ0v) is 21.4. The van der Waals surface area contributed by atoms with E-state index in [0.717, 1.165) is 23.0 Å². The highest BCUT2D eigenvalue weighted by atomic mass is 32.2. The van der Waals surface area contributed by atoms with E-state index in [-0.39, 0.29) is 35.2 Å². The van der Waals surface area contributed by atoms with Gasteiger partial charge in [-0.1, -0.05) is 49.8 Å². The molecular weight excluding hydrogens is 494 g/mol. The van der Waals surface area contributed by atoms with Crippen molar-refractivity contribution in [3.63, 3.8) is 0 Å². The minimum Gasteiger partial charge on any atom is -0.465 e. The fraction of sp³-hybridized carbons (Fsp3) is 0.435. The van der Waals surface area contributed by atoms with Crippen molar-refractivity contribution in [1.82, 2.24) is 14.3 Å². The summed E-state index contributed by atoms with van der Waals surface area (Å²) in [5, 5.41) is 21.2. The van der Waals surface area contributed by atoms with Gasteiger partial charge in [-0.2, -0.15) is 13.4 Å². The first-order valence-corrected chi connectivity index (χ1v) is 13.2. The summed E-state index contributed by atoms with van der Waals surface area (Å²) in [6.45, 7) is 7.87. The van der Waals surface area contributed by atoms with Gasteiger partial charge < -0.3 is 19.3 Å². The zero-order chi connectivity index (χ0) is 25.8. The van der Waals surface area contributed by atoms with Gasteiger partial charge in [-0.05, 0) is 30.9 Å². The maximum Gasteiger partial charge on any atom is 0.407 e. The number of carbonyl (C=O) groups is 1. The van der Waals surface area contributed by atoms with Gasteiger partial charge in [0.25, 0.3) is 5.56 Å². The summed E-state index contributed by atoms with van der Waals surface area (Å²) >= 11 is 1.05. The number of benzene rings is 1. The number of aliphatic hydroxyl groups is 1. The van der Waals surface area contributed by atoms with Gasteiger partial charge in [0.2, 0.25) is 5.88 Å². The molecule has 10 nitrogen and oxygen atoms in total. The predicted molar refractivity (Wildman–Crippen MR) is 129 cm³/mol. The molecule has 1 fully saturated rings. The van der Waals surface area contributed by atoms with Gasteiger partial charge >= 0.3 is 16.2 Å². The highest BCUT2D eigenvalue weighted by Gasteiger charge is 2.50. The van der Waals surface area contributed by atoms with Crippen LogP contribution < -0.4 is 9.74 Å². The molecule has 0 spiro atoms. The smallest absolute Gasteiger partial charge is 0.407 e. The van der Waals surface area contributed by atoms with Crippen LogP contribution in [0.3, 0.4) is 0 Å². The molecule has 1 aliphatic heterocycles. The Morgan fingerprint density at radius 3 is 2.51 bits per heavy atom. The third-order valence-electron chi connectivity index (χ3n) is 6.33. The van der Waals surface area contributed by atoms with Crippen LogP contribution in [0.25, 0.3) is 4.96 Å². The number of amides is 1. The van der Waals surface area contributed by atoms with Crippen LogP contribution in [0, 0.1) is 18.3 Å². The number of likely N-dealkylation sites (tertiary alicyclic amines) is 1. The van der Waals surface area contributed by atoms with Crippen molar-refractivity contribution in [1.29, 1.82) is 0 Å². The highest BCUT2D eigenvalue weighted by molar-refractivity contribution is 7.87. The Hall–Kier alpha value is -2.96. The van der Waals surface area contributed by atoms with Gasteiger partial charge in [0.1, 0.15) is 10.5 Å². The number of aromatic nitrogens is 2. The maximum atomic E-state index is 12.8. The summed E-state index contributed by atoms with van der Waals surface area (Å²) in [6, 6.07) is 7.06. The van der Waals surface area contributed by atoms with Crippen LogP contribution in [0.5, 0.6) is 5.88 Å². The molecule has 1 saturated heterocycles. The van der Waals surface area contributed by atoms with E-state index in [1.54, 1.807) is 12.1 Å². The number of carboxylic acid groups (broad SMARTS) is 1. The molecule has 0 radical (unpaired) electrons. The Morgan fingerprint density at radius 2 is 1.91 bits per heavy atom. The van der Waals surface area contributed by atoms with Crippen LogP contribution in [-0.2, 0) is 15.7 Å². The average Bonchev–Trinajstić information content (AvgIpc) is 3.18. The van der Waals surface area contributed by atoms with E-state index in [9.17, 15) is 28.2 Å². The molecule has 2 aromatic heterocycles. The number of hydrogen-bond acceptors (Lipinski definition) is 8. The summed E-state index contributed by atoms with van der Waals surface area (Å²) in [4.78, 5) is 30.4. The van der Waals surface area contributed by atoms with Gasteiger partial charge in [0.15, 0.2) is 4.96 Å². The van der Waals surface area contributed by atoms with Gasteiger partial charge in [0.05, 0.1) is 10.9 Å². The van der Waals surface area contributed by atoms with Gasteiger partial charge in [-0.3, -0.25) is 9.20 Å². The largest absolute Gasteiger partial charge is 0.465 e. The number of thiazole rings is 1. The van der Waals surface area contributed by atoms with Crippen LogP contribution in [0.1, 0.15) is 37.6 Å². The molecular formula is C23H27N3O7S2. The monoisotopic (exact) mass is 521 g/mol. The highest BCUT2D eigenvalue weighted by Crippen LogP contribution is 2.48. The van der Waals surface area contributed by atoms with E-state index in [1.807, 2.05) is 27.7 Å². The number of nitrogens with zero attached hydrogens (tertiary/aromatic N) is 3. The minimum atomic E-state index is -4.20. The van der Waals surface area contributed by atoms with Gasteiger partial charge in [-0.15, -0.1) is 0 Å². The van der Waals surface area contributed by atoms with E-state index in [2.05, 4.69) is 4.98 Å². The lowest BCUT2D eigenvalue weighted by atomic mass is 9.67. The molecule has 35 heavy (non-hydrogen) atoms. The second-order valence-electron chi connectivity index (χ2n) is 9.85. The topological polar surface area (TPSA) is 139 Å². The van der Waals surface area contributed by atoms with E-state index >= 15 is 0 Å². The summed E-state index contributed by atoms with van der Waals surface area (Å²) in [5.41, 5.74) is -1.53. The number of rotatable bonds is 4. The quantitative estimate of drug-likeness (QED) is 0.500. The Balaban J connectivity index is 1.72. The van der Waals surface area contributed by atoms with Crippen molar-refractivity contribution in [2.75, 3.05) is 13.1 Å². The molecule has 12 heteroatoms. The summed E-state index contributed by atoms with van der Waals surface area (Å²) in [5.74, 6) is -0.828. The third kappa shape index (κ3) is 4.78. The van der Waals surface area contributed by atoms with Crippen LogP contribution in [-0.4, -0.2) is 52.1 Å². The first kappa shape index (κ1) is 25.1.